The SMILES string of the molecule is CC1(C)CC2(C(=O)N(C(c3ccccc3)c3ccccc3)c3ccccc32)c2cc3c(cc2O1)OC1(CC1)C3=O. The quantitative estimate of drug-likeness (QED) is 0.295. The highest BCUT2D eigenvalue weighted by molar-refractivity contribution is 6.14. The summed E-state index contributed by atoms with van der Waals surface area (Å²) in [6, 6.07) is 31.9. The van der Waals surface area contributed by atoms with Gasteiger partial charge in [0.15, 0.2) is 5.60 Å². The maximum absolute atomic E-state index is 15.3. The first-order chi connectivity index (χ1) is 19.3. The van der Waals surface area contributed by atoms with Crippen LogP contribution in [0.2, 0.25) is 0 Å². The third-order valence-electron chi connectivity index (χ3n) is 8.98. The number of fused-ring (bicyclic) bond motifs is 5. The number of carbonyl (C=O) groups is 2. The molecule has 4 aromatic carbocycles. The zero-order valence-electron chi connectivity index (χ0n) is 22.5. The van der Waals surface area contributed by atoms with Crippen LogP contribution in [0.15, 0.2) is 97.1 Å². The molecule has 4 aromatic rings. The molecule has 5 nitrogen and oxygen atoms in total. The van der Waals surface area contributed by atoms with Gasteiger partial charge < -0.3 is 9.47 Å². The first kappa shape index (κ1) is 23.5. The van der Waals surface area contributed by atoms with Crippen molar-refractivity contribution in [1.82, 2.24) is 0 Å². The van der Waals surface area contributed by atoms with E-state index in [4.69, 9.17) is 9.47 Å². The summed E-state index contributed by atoms with van der Waals surface area (Å²) >= 11 is 0. The highest BCUT2D eigenvalue weighted by Gasteiger charge is 2.62. The molecule has 8 rings (SSSR count). The van der Waals surface area contributed by atoms with Crippen molar-refractivity contribution in [3.63, 3.8) is 0 Å². The molecule has 4 aliphatic rings. The molecule has 3 aliphatic heterocycles. The van der Waals surface area contributed by atoms with Crippen LogP contribution < -0.4 is 14.4 Å². The van der Waals surface area contributed by atoms with Gasteiger partial charge in [-0.3, -0.25) is 14.5 Å². The van der Waals surface area contributed by atoms with Crippen LogP contribution in [-0.2, 0) is 10.2 Å². The molecular weight excluding hydrogens is 498 g/mol. The number of hydrogen-bond acceptors (Lipinski definition) is 4. The lowest BCUT2D eigenvalue weighted by atomic mass is 9.66. The fourth-order valence-electron chi connectivity index (χ4n) is 7.18. The standard InChI is InChI=1S/C35H29NO4/c1-33(2)21-35(26-19-24-28(20-29(26)39-33)40-34(17-18-34)31(24)37)25-15-9-10-16-27(25)36(32(35)38)30(22-11-5-3-6-12-22)23-13-7-4-8-14-23/h3-16,19-20,30H,17-18,21H2,1-2H3. The van der Waals surface area contributed by atoms with Crippen LogP contribution in [0.3, 0.4) is 0 Å². The van der Waals surface area contributed by atoms with Crippen LogP contribution >= 0.6 is 0 Å². The Kier molecular flexibility index (Phi) is 4.61. The van der Waals surface area contributed by atoms with Gasteiger partial charge in [-0.1, -0.05) is 78.9 Å². The van der Waals surface area contributed by atoms with E-state index in [1.54, 1.807) is 0 Å². The molecule has 0 bridgehead atoms. The largest absolute Gasteiger partial charge is 0.487 e. The van der Waals surface area contributed by atoms with E-state index in [1.165, 1.54) is 0 Å². The van der Waals surface area contributed by atoms with Gasteiger partial charge in [-0.15, -0.1) is 0 Å². The minimum absolute atomic E-state index is 0.00326. The second kappa shape index (κ2) is 7.85. The predicted octanol–water partition coefficient (Wildman–Crippen LogP) is 6.78. The van der Waals surface area contributed by atoms with Crippen molar-refractivity contribution < 1.29 is 19.1 Å². The Hall–Kier alpha value is -4.38. The summed E-state index contributed by atoms with van der Waals surface area (Å²) in [6.45, 7) is 4.06. The lowest BCUT2D eigenvalue weighted by Crippen LogP contribution is -2.51. The number of nitrogens with zero attached hydrogens (tertiary/aromatic N) is 1. The summed E-state index contributed by atoms with van der Waals surface area (Å²) in [4.78, 5) is 30.6. The van der Waals surface area contributed by atoms with E-state index in [2.05, 4.69) is 30.3 Å². The third-order valence-corrected chi connectivity index (χ3v) is 8.98. The minimum atomic E-state index is -1.01. The van der Waals surface area contributed by atoms with Crippen LogP contribution in [0.1, 0.15) is 71.8 Å². The highest BCUT2D eigenvalue weighted by atomic mass is 16.5. The molecule has 0 saturated heterocycles. The number of amides is 1. The number of Topliss-reactive ketones (excluding diaryl/α,β-unsaturated/α-hetero) is 1. The Morgan fingerprint density at radius 2 is 1.35 bits per heavy atom. The van der Waals surface area contributed by atoms with Crippen molar-refractivity contribution in [1.29, 1.82) is 0 Å². The zero-order chi connectivity index (χ0) is 27.3. The van der Waals surface area contributed by atoms with E-state index in [-0.39, 0.29) is 17.7 Å². The molecule has 198 valence electrons. The fourth-order valence-corrected chi connectivity index (χ4v) is 7.18. The summed E-state index contributed by atoms with van der Waals surface area (Å²) < 4.78 is 12.7. The third kappa shape index (κ3) is 3.09. The van der Waals surface area contributed by atoms with Crippen molar-refractivity contribution in [3.8, 4) is 11.5 Å². The molecule has 1 unspecified atom stereocenters. The molecule has 1 amide bonds. The molecule has 2 spiro atoms. The average molecular weight is 528 g/mol. The number of carbonyl (C=O) groups excluding carboxylic acids is 2. The molecule has 3 heterocycles. The molecule has 0 radical (unpaired) electrons. The Balaban J connectivity index is 1.38. The van der Waals surface area contributed by atoms with Gasteiger partial charge in [-0.2, -0.15) is 0 Å². The first-order valence-electron chi connectivity index (χ1n) is 14.0. The summed E-state index contributed by atoms with van der Waals surface area (Å²) in [5, 5.41) is 0. The second-order valence-corrected chi connectivity index (χ2v) is 12.1. The molecular formula is C35H29NO4. The summed E-state index contributed by atoms with van der Waals surface area (Å²) in [7, 11) is 0. The molecule has 1 fully saturated rings. The molecule has 40 heavy (non-hydrogen) atoms. The smallest absolute Gasteiger partial charge is 0.243 e. The number of anilines is 1. The summed E-state index contributed by atoms with van der Waals surface area (Å²) in [5.74, 6) is 1.20. The van der Waals surface area contributed by atoms with Gasteiger partial charge >= 0.3 is 0 Å². The molecule has 1 saturated carbocycles. The van der Waals surface area contributed by atoms with Gasteiger partial charge in [0, 0.05) is 23.7 Å². The molecule has 5 heteroatoms. The molecule has 0 N–H and O–H groups in total. The molecule has 1 atom stereocenters. The van der Waals surface area contributed by atoms with E-state index in [0.29, 0.717) is 23.5 Å². The highest BCUT2D eigenvalue weighted by Crippen LogP contribution is 2.60. The van der Waals surface area contributed by atoms with Crippen molar-refractivity contribution in [2.75, 3.05) is 4.90 Å². The first-order valence-corrected chi connectivity index (χ1v) is 14.0. The van der Waals surface area contributed by atoms with Gasteiger partial charge in [0.05, 0.1) is 11.6 Å². The van der Waals surface area contributed by atoms with E-state index < -0.39 is 16.6 Å². The van der Waals surface area contributed by atoms with E-state index in [0.717, 1.165) is 40.8 Å². The Morgan fingerprint density at radius 1 is 0.725 bits per heavy atom. The van der Waals surface area contributed by atoms with Crippen LogP contribution in [0.5, 0.6) is 11.5 Å². The monoisotopic (exact) mass is 527 g/mol. The van der Waals surface area contributed by atoms with Gasteiger partial charge in [0.2, 0.25) is 11.7 Å². The van der Waals surface area contributed by atoms with E-state index in [9.17, 15) is 4.79 Å². The average Bonchev–Trinajstić information content (AvgIpc) is 3.64. The Labute approximate surface area is 233 Å². The lowest BCUT2D eigenvalue weighted by Gasteiger charge is -2.44. The van der Waals surface area contributed by atoms with Crippen LogP contribution in [-0.4, -0.2) is 22.9 Å². The fraction of sp³-hybridized carbons (Fsp3) is 0.257. The number of ether oxygens (including phenoxy) is 2. The van der Waals surface area contributed by atoms with Crippen molar-refractivity contribution in [2.45, 2.75) is 55.8 Å². The van der Waals surface area contributed by atoms with Crippen LogP contribution in [0.4, 0.5) is 5.69 Å². The van der Waals surface area contributed by atoms with Crippen LogP contribution in [0, 0.1) is 0 Å². The number of rotatable bonds is 3. The zero-order valence-corrected chi connectivity index (χ0v) is 22.5. The van der Waals surface area contributed by atoms with Crippen LogP contribution in [0.25, 0.3) is 0 Å². The molecule has 1 aliphatic carbocycles. The van der Waals surface area contributed by atoms with Gasteiger partial charge in [0.1, 0.15) is 22.5 Å². The van der Waals surface area contributed by atoms with E-state index >= 15 is 4.79 Å². The van der Waals surface area contributed by atoms with E-state index in [1.807, 2.05) is 85.5 Å². The van der Waals surface area contributed by atoms with Crippen molar-refractivity contribution in [2.24, 2.45) is 0 Å². The Morgan fingerprint density at radius 3 is 2.00 bits per heavy atom. The normalized spacial score (nSPS) is 22.6. The maximum Gasteiger partial charge on any atom is 0.243 e. The number of para-hydroxylation sites is 1. The number of ketones is 1. The minimum Gasteiger partial charge on any atom is -0.487 e. The topological polar surface area (TPSA) is 55.8 Å². The van der Waals surface area contributed by atoms with Gasteiger partial charge in [-0.25, -0.2) is 0 Å². The second-order valence-electron chi connectivity index (χ2n) is 12.1. The van der Waals surface area contributed by atoms with Crippen molar-refractivity contribution >= 4 is 17.4 Å². The maximum atomic E-state index is 15.3. The van der Waals surface area contributed by atoms with Gasteiger partial charge in [-0.05, 0) is 55.5 Å². The Bertz CT molecular complexity index is 1670. The summed E-state index contributed by atoms with van der Waals surface area (Å²) in [5.41, 5.74) is 2.86. The summed E-state index contributed by atoms with van der Waals surface area (Å²) in [6.07, 6.45) is 1.91. The predicted molar refractivity (Wildman–Crippen MR) is 152 cm³/mol. The number of benzene rings is 4. The lowest BCUT2D eigenvalue weighted by molar-refractivity contribution is -0.124. The van der Waals surface area contributed by atoms with Gasteiger partial charge in [0.25, 0.3) is 0 Å². The molecule has 0 aromatic heterocycles. The van der Waals surface area contributed by atoms with Crippen molar-refractivity contribution in [3.05, 3.63) is 125 Å². The number of hydrogen-bond donors (Lipinski definition) is 0.